The van der Waals surface area contributed by atoms with Gasteiger partial charge in [-0.05, 0) is 70.4 Å². The third kappa shape index (κ3) is 7.22. The Morgan fingerprint density at radius 1 is 1.07 bits per heavy atom. The fourth-order valence-corrected chi connectivity index (χ4v) is 3.73. The van der Waals surface area contributed by atoms with Gasteiger partial charge >= 0.3 is 12.1 Å². The number of fused-ring (bicyclic) bond motifs is 1. The van der Waals surface area contributed by atoms with Crippen LogP contribution in [-0.2, 0) is 4.74 Å². The number of ether oxygens (including phenoxy) is 1. The maximum Gasteiger partial charge on any atom is 0.410 e. The van der Waals surface area contributed by atoms with Crippen LogP contribution in [0.25, 0.3) is 0 Å². The predicted octanol–water partition coefficient (Wildman–Crippen LogP) is 4.74. The Labute approximate surface area is 182 Å². The molecule has 3 aliphatic rings. The van der Waals surface area contributed by atoms with Crippen LogP contribution in [0.4, 0.5) is 9.59 Å². The van der Waals surface area contributed by atoms with Crippen molar-refractivity contribution < 1.29 is 14.3 Å². The molecule has 2 heterocycles. The molecular formula is C24H39N3O3. The molecule has 0 aromatic carbocycles. The van der Waals surface area contributed by atoms with E-state index >= 15 is 0 Å². The highest BCUT2D eigenvalue weighted by molar-refractivity contribution is 5.76. The Bertz CT molecular complexity index is 693. The van der Waals surface area contributed by atoms with Gasteiger partial charge in [0.1, 0.15) is 5.60 Å². The van der Waals surface area contributed by atoms with Crippen LogP contribution in [-0.4, -0.2) is 60.2 Å². The molecule has 6 heteroatoms. The molecule has 2 fully saturated rings. The van der Waals surface area contributed by atoms with Gasteiger partial charge in [0.2, 0.25) is 0 Å². The standard InChI is InChI=1S/C14H22N2O.C10H17NO2/c1-4-7-9-13-11-16(14(17)15-6-3)10-12(13)8-5-2;1-10(2,3)13-9(12)11-5-7-4-8(7)6-11/h5,7-9H,4,6,10-11H2,1-3H3,(H,15,17);7-8H,4-6H2,1-3H3/b8-5-,9-7+;. The topological polar surface area (TPSA) is 61.9 Å². The molecule has 0 spiro atoms. The number of likely N-dealkylation sites (tertiary alicyclic amines) is 1. The van der Waals surface area contributed by atoms with E-state index in [0.717, 1.165) is 31.3 Å². The summed E-state index contributed by atoms with van der Waals surface area (Å²) in [5, 5.41) is 2.84. The normalized spacial score (nSPS) is 23.0. The lowest BCUT2D eigenvalue weighted by Crippen LogP contribution is -2.38. The summed E-state index contributed by atoms with van der Waals surface area (Å²) in [4.78, 5) is 27.0. The zero-order chi connectivity index (χ0) is 22.3. The highest BCUT2D eigenvalue weighted by Gasteiger charge is 2.47. The number of nitrogens with one attached hydrogen (secondary N) is 1. The molecule has 2 aliphatic heterocycles. The van der Waals surface area contributed by atoms with E-state index in [4.69, 9.17) is 4.74 Å². The van der Waals surface area contributed by atoms with Crippen molar-refractivity contribution in [2.75, 3.05) is 32.7 Å². The average molecular weight is 418 g/mol. The van der Waals surface area contributed by atoms with E-state index in [1.165, 1.54) is 17.6 Å². The van der Waals surface area contributed by atoms with Gasteiger partial charge in [0.25, 0.3) is 0 Å². The molecule has 2 atom stereocenters. The molecule has 2 unspecified atom stereocenters. The number of amides is 3. The lowest BCUT2D eigenvalue weighted by molar-refractivity contribution is 0.0274. The minimum absolute atomic E-state index is 0.0226. The van der Waals surface area contributed by atoms with Gasteiger partial charge in [-0.3, -0.25) is 0 Å². The van der Waals surface area contributed by atoms with E-state index in [0.29, 0.717) is 19.6 Å². The summed E-state index contributed by atoms with van der Waals surface area (Å²) < 4.78 is 5.28. The summed E-state index contributed by atoms with van der Waals surface area (Å²) in [6.45, 7) is 15.7. The molecule has 30 heavy (non-hydrogen) atoms. The molecule has 1 saturated carbocycles. The molecule has 0 bridgehead atoms. The van der Waals surface area contributed by atoms with Crippen LogP contribution in [0, 0.1) is 11.8 Å². The lowest BCUT2D eigenvalue weighted by Gasteiger charge is -2.25. The third-order valence-corrected chi connectivity index (χ3v) is 5.30. The molecule has 0 radical (unpaired) electrons. The fraction of sp³-hybridized carbons (Fsp3) is 0.667. The summed E-state index contributed by atoms with van der Waals surface area (Å²) in [5.41, 5.74) is 2.13. The summed E-state index contributed by atoms with van der Waals surface area (Å²) >= 11 is 0. The Morgan fingerprint density at radius 2 is 1.67 bits per heavy atom. The van der Waals surface area contributed by atoms with Gasteiger partial charge in [0, 0.05) is 32.7 Å². The van der Waals surface area contributed by atoms with E-state index in [2.05, 4.69) is 30.5 Å². The monoisotopic (exact) mass is 417 g/mol. The number of carbonyl (C=O) groups is 2. The van der Waals surface area contributed by atoms with Crippen LogP contribution in [0.15, 0.2) is 35.5 Å². The van der Waals surface area contributed by atoms with Crippen LogP contribution in [0.5, 0.6) is 0 Å². The molecule has 168 valence electrons. The highest BCUT2D eigenvalue weighted by Crippen LogP contribution is 2.45. The minimum Gasteiger partial charge on any atom is -0.444 e. The molecule has 6 nitrogen and oxygen atoms in total. The highest BCUT2D eigenvalue weighted by atomic mass is 16.6. The molecular weight excluding hydrogens is 378 g/mol. The number of allylic oxidation sites excluding steroid dienone is 2. The van der Waals surface area contributed by atoms with E-state index in [9.17, 15) is 9.59 Å². The smallest absolute Gasteiger partial charge is 0.410 e. The van der Waals surface area contributed by atoms with Crippen molar-refractivity contribution in [2.24, 2.45) is 11.8 Å². The van der Waals surface area contributed by atoms with Gasteiger partial charge in [-0.2, -0.15) is 0 Å². The lowest BCUT2D eigenvalue weighted by atomic mass is 10.1. The molecule has 1 aliphatic carbocycles. The molecule has 1 N–H and O–H groups in total. The van der Waals surface area contributed by atoms with E-state index in [1.54, 1.807) is 0 Å². The second-order valence-electron chi connectivity index (χ2n) is 9.19. The number of hydrogen-bond donors (Lipinski definition) is 1. The summed E-state index contributed by atoms with van der Waals surface area (Å²) in [5.74, 6) is 1.57. The third-order valence-electron chi connectivity index (χ3n) is 5.30. The summed E-state index contributed by atoms with van der Waals surface area (Å²) in [6.07, 6.45) is 10.6. The fourth-order valence-electron chi connectivity index (χ4n) is 3.73. The van der Waals surface area contributed by atoms with Gasteiger partial charge in [0.15, 0.2) is 0 Å². The maximum absolute atomic E-state index is 11.8. The van der Waals surface area contributed by atoms with Crippen LogP contribution in [0.2, 0.25) is 0 Å². The second-order valence-corrected chi connectivity index (χ2v) is 9.19. The van der Waals surface area contributed by atoms with Gasteiger partial charge in [-0.1, -0.05) is 31.2 Å². The second kappa shape index (κ2) is 10.7. The molecule has 1 saturated heterocycles. The van der Waals surface area contributed by atoms with Crippen LogP contribution < -0.4 is 5.32 Å². The van der Waals surface area contributed by atoms with Crippen molar-refractivity contribution in [1.29, 1.82) is 0 Å². The first-order valence-corrected chi connectivity index (χ1v) is 11.2. The van der Waals surface area contributed by atoms with E-state index < -0.39 is 0 Å². The van der Waals surface area contributed by atoms with Crippen LogP contribution in [0.1, 0.15) is 54.4 Å². The van der Waals surface area contributed by atoms with Crippen molar-refractivity contribution in [2.45, 2.75) is 60.0 Å². The first kappa shape index (κ1) is 24.0. The number of piperidine rings is 1. The number of rotatable bonds is 4. The van der Waals surface area contributed by atoms with Crippen molar-refractivity contribution in [1.82, 2.24) is 15.1 Å². The van der Waals surface area contributed by atoms with Crippen molar-refractivity contribution >= 4 is 12.1 Å². The predicted molar refractivity (Wildman–Crippen MR) is 121 cm³/mol. The number of urea groups is 1. The van der Waals surface area contributed by atoms with E-state index in [1.807, 2.05) is 50.5 Å². The zero-order valence-electron chi connectivity index (χ0n) is 19.5. The summed E-state index contributed by atoms with van der Waals surface area (Å²) in [6, 6.07) is 0.0226. The minimum atomic E-state index is -0.357. The Kier molecular flexibility index (Phi) is 8.56. The largest absolute Gasteiger partial charge is 0.444 e. The van der Waals surface area contributed by atoms with Gasteiger partial charge in [-0.25, -0.2) is 9.59 Å². The Morgan fingerprint density at radius 3 is 2.17 bits per heavy atom. The van der Waals surface area contributed by atoms with Crippen molar-refractivity contribution in [3.8, 4) is 0 Å². The first-order chi connectivity index (χ1) is 14.2. The summed E-state index contributed by atoms with van der Waals surface area (Å²) in [7, 11) is 0. The quantitative estimate of drug-likeness (QED) is 0.718. The molecule has 0 aromatic heterocycles. The number of carbonyl (C=O) groups excluding carboxylic acids is 2. The van der Waals surface area contributed by atoms with E-state index in [-0.39, 0.29) is 17.7 Å². The SMILES string of the molecule is C/C=C\C1=C(/C=C/CC)CN(C(=O)NCC)C1.CC(C)(C)OC(=O)N1CC2CC2C1. The average Bonchev–Trinajstić information content (AvgIpc) is 3.08. The van der Waals surface area contributed by atoms with Crippen molar-refractivity contribution in [3.05, 3.63) is 35.5 Å². The van der Waals surface area contributed by atoms with Crippen LogP contribution in [0.3, 0.4) is 0 Å². The Balaban J connectivity index is 0.000000220. The van der Waals surface area contributed by atoms with Gasteiger partial charge in [-0.15, -0.1) is 0 Å². The number of hydrogen-bond acceptors (Lipinski definition) is 3. The van der Waals surface area contributed by atoms with Gasteiger partial charge in [0.05, 0.1) is 0 Å². The molecule has 3 rings (SSSR count). The molecule has 0 aromatic rings. The zero-order valence-corrected chi connectivity index (χ0v) is 19.5. The Hall–Kier alpha value is -2.24. The van der Waals surface area contributed by atoms with Crippen LogP contribution >= 0.6 is 0 Å². The first-order valence-electron chi connectivity index (χ1n) is 11.2. The molecule has 3 amide bonds. The van der Waals surface area contributed by atoms with Gasteiger partial charge < -0.3 is 19.9 Å². The van der Waals surface area contributed by atoms with Crippen molar-refractivity contribution in [3.63, 3.8) is 0 Å². The number of nitrogens with zero attached hydrogens (tertiary/aromatic N) is 2. The maximum atomic E-state index is 11.8.